The van der Waals surface area contributed by atoms with Crippen molar-refractivity contribution in [1.82, 2.24) is 5.32 Å². The average Bonchev–Trinajstić information content (AvgIpc) is 3.30. The third-order valence-electron chi connectivity index (χ3n) is 6.59. The minimum Gasteiger partial charge on any atom is -0.497 e. The van der Waals surface area contributed by atoms with Gasteiger partial charge in [-0.15, -0.1) is 11.8 Å². The van der Waals surface area contributed by atoms with Crippen molar-refractivity contribution in [2.75, 3.05) is 17.3 Å². The fourth-order valence-electron chi connectivity index (χ4n) is 4.41. The van der Waals surface area contributed by atoms with Gasteiger partial charge in [-0.3, -0.25) is 19.2 Å². The summed E-state index contributed by atoms with van der Waals surface area (Å²) in [7, 11) is 1.56. The summed E-state index contributed by atoms with van der Waals surface area (Å²) in [5.41, 5.74) is 1.88. The van der Waals surface area contributed by atoms with Crippen LogP contribution >= 0.6 is 35.0 Å². The van der Waals surface area contributed by atoms with Gasteiger partial charge in [0.15, 0.2) is 0 Å². The molecule has 0 aromatic heterocycles. The number of anilines is 2. The van der Waals surface area contributed by atoms with Crippen molar-refractivity contribution in [2.45, 2.75) is 16.6 Å². The lowest BCUT2D eigenvalue weighted by Gasteiger charge is -2.16. The molecule has 2 N–H and O–H groups in total. The summed E-state index contributed by atoms with van der Waals surface area (Å²) in [5.74, 6) is -1.07. The third kappa shape index (κ3) is 7.31. The Morgan fingerprint density at radius 2 is 1.66 bits per heavy atom. The molecule has 1 atom stereocenters. The number of hydrogen-bond acceptors (Lipinski definition) is 6. The summed E-state index contributed by atoms with van der Waals surface area (Å²) in [6, 6.07) is 27.1. The molecule has 4 aromatic rings. The summed E-state index contributed by atoms with van der Waals surface area (Å²) in [5, 5.41) is 5.43. The molecule has 5 rings (SSSR count). The number of methoxy groups -OCH3 is 1. The Bertz CT molecular complexity index is 1760. The van der Waals surface area contributed by atoms with Crippen LogP contribution in [-0.4, -0.2) is 36.0 Å². The molecule has 4 aromatic carbocycles. The molecule has 8 nitrogen and oxygen atoms in total. The van der Waals surface area contributed by atoms with Crippen molar-refractivity contribution < 1.29 is 23.9 Å². The van der Waals surface area contributed by atoms with E-state index in [4.69, 9.17) is 27.9 Å². The number of carbonyl (C=O) groups excluding carboxylic acids is 4. The van der Waals surface area contributed by atoms with Crippen molar-refractivity contribution in [1.29, 1.82) is 0 Å². The number of ether oxygens (including phenoxy) is 1. The molecule has 0 unspecified atom stereocenters. The number of rotatable bonds is 9. The number of nitrogens with zero attached hydrogens (tertiary/aromatic N) is 1. The van der Waals surface area contributed by atoms with Crippen LogP contribution in [0, 0.1) is 0 Å². The maximum atomic E-state index is 13.5. The van der Waals surface area contributed by atoms with Gasteiger partial charge in [0.25, 0.3) is 11.8 Å². The minimum atomic E-state index is -0.668. The van der Waals surface area contributed by atoms with E-state index in [1.165, 1.54) is 23.9 Å². The third-order valence-corrected chi connectivity index (χ3v) is 8.51. The van der Waals surface area contributed by atoms with Crippen LogP contribution in [0.1, 0.15) is 22.3 Å². The Morgan fingerprint density at radius 1 is 0.909 bits per heavy atom. The van der Waals surface area contributed by atoms with Crippen molar-refractivity contribution in [2.24, 2.45) is 0 Å². The number of thioether (sulfide) groups is 1. The molecular weight excluding hydrogens is 621 g/mol. The number of nitrogens with one attached hydrogen (secondary N) is 2. The van der Waals surface area contributed by atoms with E-state index < -0.39 is 17.1 Å². The number of amides is 4. The van der Waals surface area contributed by atoms with Crippen molar-refractivity contribution in [3.05, 3.63) is 124 Å². The van der Waals surface area contributed by atoms with Gasteiger partial charge in [0.2, 0.25) is 11.8 Å². The lowest BCUT2D eigenvalue weighted by Crippen LogP contribution is -2.31. The largest absolute Gasteiger partial charge is 0.497 e. The fraction of sp³-hybridized carbons (Fsp3) is 0.0909. The number of benzene rings is 4. The Balaban J connectivity index is 1.33. The molecule has 0 saturated carbocycles. The van der Waals surface area contributed by atoms with Crippen LogP contribution in [0.15, 0.2) is 108 Å². The molecule has 0 aliphatic carbocycles. The highest BCUT2D eigenvalue weighted by atomic mass is 35.5. The summed E-state index contributed by atoms with van der Waals surface area (Å²) in [4.78, 5) is 54.1. The average molecular weight is 647 g/mol. The van der Waals surface area contributed by atoms with E-state index in [0.29, 0.717) is 38.2 Å². The van der Waals surface area contributed by atoms with Crippen molar-refractivity contribution in [3.8, 4) is 5.75 Å². The highest BCUT2D eigenvalue weighted by Gasteiger charge is 2.40. The van der Waals surface area contributed by atoms with Gasteiger partial charge in [-0.1, -0.05) is 59.6 Å². The molecule has 44 heavy (non-hydrogen) atoms. The van der Waals surface area contributed by atoms with Gasteiger partial charge < -0.3 is 15.4 Å². The van der Waals surface area contributed by atoms with Crippen LogP contribution in [0.5, 0.6) is 5.75 Å². The first-order valence-corrected chi connectivity index (χ1v) is 15.0. The molecule has 222 valence electrons. The molecule has 1 aliphatic rings. The van der Waals surface area contributed by atoms with E-state index in [9.17, 15) is 19.2 Å². The highest BCUT2D eigenvalue weighted by molar-refractivity contribution is 8.00. The Hall–Kier alpha value is -4.57. The fourth-order valence-corrected chi connectivity index (χ4v) is 5.82. The molecule has 11 heteroatoms. The summed E-state index contributed by atoms with van der Waals surface area (Å²) in [6.07, 6.45) is 1.56. The van der Waals surface area contributed by atoms with E-state index >= 15 is 0 Å². The van der Waals surface area contributed by atoms with Gasteiger partial charge in [-0.2, -0.15) is 0 Å². The molecule has 1 aliphatic heterocycles. The van der Waals surface area contributed by atoms with Crippen LogP contribution in [-0.2, 0) is 14.4 Å². The molecule has 1 saturated heterocycles. The van der Waals surface area contributed by atoms with Crippen LogP contribution in [0.25, 0.3) is 6.08 Å². The molecule has 0 bridgehead atoms. The van der Waals surface area contributed by atoms with E-state index in [-0.39, 0.29) is 29.0 Å². The van der Waals surface area contributed by atoms with Crippen LogP contribution in [0.4, 0.5) is 11.4 Å². The van der Waals surface area contributed by atoms with Crippen LogP contribution < -0.4 is 20.3 Å². The predicted molar refractivity (Wildman–Crippen MR) is 173 cm³/mol. The quantitative estimate of drug-likeness (QED) is 0.153. The van der Waals surface area contributed by atoms with Gasteiger partial charge in [0.1, 0.15) is 11.4 Å². The molecule has 4 amide bonds. The number of imide groups is 1. The maximum Gasteiger partial charge on any atom is 0.272 e. The van der Waals surface area contributed by atoms with Gasteiger partial charge in [0.05, 0.1) is 28.1 Å². The zero-order chi connectivity index (χ0) is 31.2. The molecule has 1 heterocycles. The standard InChI is InChI=1S/C33H25Cl2N3O5S/c1-43-24-13-10-20(11-14-24)16-28(37-31(40)21-6-3-2-4-7-21)32(41)36-22-8-5-9-25(17-22)44-29-19-30(39)38(33(29)42)23-12-15-26(34)27(35)18-23/h2-18,29H,19H2,1H3,(H,36,41)(H,37,40)/b28-16-/t29-/m0/s1. The van der Waals surface area contributed by atoms with E-state index in [1.807, 2.05) is 0 Å². The zero-order valence-corrected chi connectivity index (χ0v) is 25.6. The molecular formula is C33H25Cl2N3O5S. The van der Waals surface area contributed by atoms with Crippen LogP contribution in [0.2, 0.25) is 10.0 Å². The van der Waals surface area contributed by atoms with Gasteiger partial charge >= 0.3 is 0 Å². The first-order chi connectivity index (χ1) is 21.2. The number of halogens is 2. The number of hydrogen-bond donors (Lipinski definition) is 2. The summed E-state index contributed by atoms with van der Waals surface area (Å²) < 4.78 is 5.21. The Kier molecular flexibility index (Phi) is 9.69. The molecule has 0 radical (unpaired) electrons. The van der Waals surface area contributed by atoms with E-state index in [0.717, 1.165) is 4.90 Å². The number of carbonyl (C=O) groups is 4. The lowest BCUT2D eigenvalue weighted by molar-refractivity contribution is -0.121. The second-order valence-corrected chi connectivity index (χ2v) is 11.7. The first-order valence-electron chi connectivity index (χ1n) is 13.3. The lowest BCUT2D eigenvalue weighted by atomic mass is 10.1. The van der Waals surface area contributed by atoms with Gasteiger partial charge in [-0.05, 0) is 72.3 Å². The smallest absolute Gasteiger partial charge is 0.272 e. The normalized spacial score (nSPS) is 14.8. The molecule has 0 spiro atoms. The molecule has 1 fully saturated rings. The van der Waals surface area contributed by atoms with Crippen molar-refractivity contribution in [3.63, 3.8) is 0 Å². The topological polar surface area (TPSA) is 105 Å². The van der Waals surface area contributed by atoms with E-state index in [1.54, 1.807) is 98.1 Å². The van der Waals surface area contributed by atoms with Gasteiger partial charge in [-0.25, -0.2) is 4.90 Å². The second-order valence-electron chi connectivity index (χ2n) is 9.61. The summed E-state index contributed by atoms with van der Waals surface area (Å²) in [6.45, 7) is 0. The monoisotopic (exact) mass is 645 g/mol. The van der Waals surface area contributed by atoms with Crippen molar-refractivity contribution >= 4 is 76.0 Å². The van der Waals surface area contributed by atoms with Gasteiger partial charge in [0, 0.05) is 22.6 Å². The Morgan fingerprint density at radius 3 is 2.36 bits per heavy atom. The highest BCUT2D eigenvalue weighted by Crippen LogP contribution is 2.36. The zero-order valence-electron chi connectivity index (χ0n) is 23.3. The maximum absolute atomic E-state index is 13.5. The minimum absolute atomic E-state index is 0.000592. The summed E-state index contributed by atoms with van der Waals surface area (Å²) >= 11 is 13.3. The van der Waals surface area contributed by atoms with E-state index in [2.05, 4.69) is 10.6 Å². The predicted octanol–water partition coefficient (Wildman–Crippen LogP) is 6.84. The first kappa shape index (κ1) is 30.9. The Labute approximate surface area is 268 Å². The van der Waals surface area contributed by atoms with Crippen LogP contribution in [0.3, 0.4) is 0 Å². The second kappa shape index (κ2) is 13.8. The SMILES string of the molecule is COc1ccc(/C=C(\NC(=O)c2ccccc2)C(=O)Nc2cccc(S[C@H]3CC(=O)N(c4ccc(Cl)c(Cl)c4)C3=O)c2)cc1.